The van der Waals surface area contributed by atoms with Gasteiger partial charge in [0.15, 0.2) is 0 Å². The minimum absolute atomic E-state index is 0.0762. The molecule has 0 aliphatic carbocycles. The highest BCUT2D eigenvalue weighted by Gasteiger charge is 2.13. The highest BCUT2D eigenvalue weighted by atomic mass is 35.5. The largest absolute Gasteiger partial charge is 0.330 e. The Labute approximate surface area is 117 Å². The third-order valence-corrected chi connectivity index (χ3v) is 3.54. The predicted octanol–water partition coefficient (Wildman–Crippen LogP) is 2.21. The van der Waals surface area contributed by atoms with Crippen LogP contribution < -0.4 is 11.3 Å². The maximum atomic E-state index is 12.6. The van der Waals surface area contributed by atoms with Crippen LogP contribution in [0.25, 0.3) is 10.9 Å². The molecule has 1 aromatic heterocycles. The number of aryl methyl sites for hydroxylation is 1. The Bertz CT molecular complexity index is 651. The van der Waals surface area contributed by atoms with Crippen LogP contribution in [0.4, 0.5) is 0 Å². The lowest BCUT2D eigenvalue weighted by Gasteiger charge is -2.16. The Morgan fingerprint density at radius 3 is 2.84 bits per heavy atom. The summed E-state index contributed by atoms with van der Waals surface area (Å²) >= 11 is 6.12. The van der Waals surface area contributed by atoms with Gasteiger partial charge in [-0.15, -0.1) is 0 Å². The summed E-state index contributed by atoms with van der Waals surface area (Å²) in [5.41, 5.74) is 6.22. The van der Waals surface area contributed by atoms with Gasteiger partial charge in [-0.05, 0) is 24.6 Å². The number of aromatic nitrogens is 2. The van der Waals surface area contributed by atoms with Crippen LogP contribution in [0.2, 0.25) is 5.02 Å². The van der Waals surface area contributed by atoms with Crippen molar-refractivity contribution in [2.45, 2.75) is 26.8 Å². The molecule has 0 spiro atoms. The van der Waals surface area contributed by atoms with Gasteiger partial charge < -0.3 is 5.73 Å². The van der Waals surface area contributed by atoms with Crippen LogP contribution in [0.3, 0.4) is 0 Å². The molecule has 0 bridgehead atoms. The zero-order chi connectivity index (χ0) is 14.0. The summed E-state index contributed by atoms with van der Waals surface area (Å²) in [6.45, 7) is 5.12. The fourth-order valence-corrected chi connectivity index (χ4v) is 2.36. The van der Waals surface area contributed by atoms with Gasteiger partial charge in [0.2, 0.25) is 0 Å². The van der Waals surface area contributed by atoms with Crippen molar-refractivity contribution in [3.05, 3.63) is 39.4 Å². The summed E-state index contributed by atoms with van der Waals surface area (Å²) in [6.07, 6.45) is 0.703. The van der Waals surface area contributed by atoms with Gasteiger partial charge in [0.25, 0.3) is 5.56 Å². The lowest BCUT2D eigenvalue weighted by molar-refractivity contribution is 0.466. The second kappa shape index (κ2) is 5.72. The molecule has 1 atom stereocenters. The molecular weight excluding hydrogens is 262 g/mol. The number of benzene rings is 1. The van der Waals surface area contributed by atoms with E-state index < -0.39 is 0 Å². The molecule has 0 amide bonds. The van der Waals surface area contributed by atoms with Gasteiger partial charge in [-0.2, -0.15) is 0 Å². The third-order valence-electron chi connectivity index (χ3n) is 3.22. The number of hydrogen-bond donors (Lipinski definition) is 1. The molecule has 0 fully saturated rings. The van der Waals surface area contributed by atoms with E-state index in [4.69, 9.17) is 17.3 Å². The quantitative estimate of drug-likeness (QED) is 0.933. The summed E-state index contributed by atoms with van der Waals surface area (Å²) in [6, 6.07) is 5.34. The highest BCUT2D eigenvalue weighted by Crippen LogP contribution is 2.19. The number of rotatable bonds is 4. The van der Waals surface area contributed by atoms with E-state index in [-0.39, 0.29) is 11.5 Å². The highest BCUT2D eigenvalue weighted by molar-refractivity contribution is 6.35. The zero-order valence-corrected chi connectivity index (χ0v) is 11.9. The second-order valence-corrected chi connectivity index (χ2v) is 5.18. The molecule has 1 unspecified atom stereocenters. The Balaban J connectivity index is 2.71. The van der Waals surface area contributed by atoms with E-state index in [9.17, 15) is 4.79 Å². The van der Waals surface area contributed by atoms with Gasteiger partial charge in [-0.25, -0.2) is 4.98 Å². The summed E-state index contributed by atoms with van der Waals surface area (Å²) in [5, 5.41) is 0.942. The number of nitrogens with two attached hydrogens (primary N) is 1. The van der Waals surface area contributed by atoms with Gasteiger partial charge in [0.1, 0.15) is 5.82 Å². The fourth-order valence-electron chi connectivity index (χ4n) is 2.11. The van der Waals surface area contributed by atoms with Gasteiger partial charge in [-0.3, -0.25) is 9.36 Å². The normalized spacial score (nSPS) is 12.8. The first-order valence-corrected chi connectivity index (χ1v) is 6.84. The average Bonchev–Trinajstić information content (AvgIpc) is 2.41. The van der Waals surface area contributed by atoms with Gasteiger partial charge >= 0.3 is 0 Å². The van der Waals surface area contributed by atoms with Crippen LogP contribution in [-0.2, 0) is 13.0 Å². The zero-order valence-electron chi connectivity index (χ0n) is 11.2. The van der Waals surface area contributed by atoms with E-state index in [0.29, 0.717) is 35.4 Å². The van der Waals surface area contributed by atoms with Crippen LogP contribution in [0, 0.1) is 5.92 Å². The van der Waals surface area contributed by atoms with E-state index in [1.165, 1.54) is 0 Å². The van der Waals surface area contributed by atoms with Crippen LogP contribution in [0.15, 0.2) is 23.0 Å². The topological polar surface area (TPSA) is 60.9 Å². The molecular formula is C14H18ClN3O. The first kappa shape index (κ1) is 14.0. The molecule has 2 rings (SSSR count). The molecule has 2 N–H and O–H groups in total. The van der Waals surface area contributed by atoms with E-state index >= 15 is 0 Å². The van der Waals surface area contributed by atoms with Crippen LogP contribution in [-0.4, -0.2) is 16.1 Å². The summed E-state index contributed by atoms with van der Waals surface area (Å²) in [4.78, 5) is 17.1. The summed E-state index contributed by atoms with van der Waals surface area (Å²) in [7, 11) is 0. The first-order chi connectivity index (χ1) is 9.08. The molecule has 0 aliphatic rings. The molecule has 19 heavy (non-hydrogen) atoms. The van der Waals surface area contributed by atoms with Crippen molar-refractivity contribution < 1.29 is 0 Å². The first-order valence-electron chi connectivity index (χ1n) is 6.46. The molecule has 1 aromatic carbocycles. The molecule has 0 aliphatic heterocycles. The molecule has 0 saturated heterocycles. The smallest absolute Gasteiger partial charge is 0.262 e. The van der Waals surface area contributed by atoms with Crippen molar-refractivity contribution in [2.75, 3.05) is 6.54 Å². The minimum atomic E-state index is -0.0762. The third kappa shape index (κ3) is 2.65. The number of fused-ring (bicyclic) bond motifs is 1. The number of halogens is 1. The van der Waals surface area contributed by atoms with Gasteiger partial charge in [-0.1, -0.05) is 31.5 Å². The van der Waals surface area contributed by atoms with Crippen molar-refractivity contribution >= 4 is 22.5 Å². The molecule has 5 heteroatoms. The standard InChI is InChI=1S/C14H18ClN3O/c1-3-12-17-11-6-4-5-10(15)13(11)14(19)18(12)8-9(2)7-16/h4-6,9H,3,7-8,16H2,1-2H3. The minimum Gasteiger partial charge on any atom is -0.330 e. The average molecular weight is 280 g/mol. The van der Waals surface area contributed by atoms with Crippen LogP contribution in [0.1, 0.15) is 19.7 Å². The van der Waals surface area contributed by atoms with Gasteiger partial charge in [0.05, 0.1) is 15.9 Å². The Hall–Kier alpha value is -1.39. The van der Waals surface area contributed by atoms with E-state index in [0.717, 1.165) is 5.82 Å². The molecule has 102 valence electrons. The number of nitrogens with zero attached hydrogens (tertiary/aromatic N) is 2. The molecule has 0 radical (unpaired) electrons. The summed E-state index contributed by atoms with van der Waals surface area (Å²) in [5.74, 6) is 1.00. The molecule has 0 saturated carbocycles. The Morgan fingerprint density at radius 2 is 2.21 bits per heavy atom. The van der Waals surface area contributed by atoms with Crippen LogP contribution in [0.5, 0.6) is 0 Å². The van der Waals surface area contributed by atoms with Crippen molar-refractivity contribution in [1.29, 1.82) is 0 Å². The maximum Gasteiger partial charge on any atom is 0.262 e. The summed E-state index contributed by atoms with van der Waals surface area (Å²) < 4.78 is 1.70. The van der Waals surface area contributed by atoms with Crippen molar-refractivity contribution in [3.63, 3.8) is 0 Å². The molecule has 2 aromatic rings. The molecule has 4 nitrogen and oxygen atoms in total. The maximum absolute atomic E-state index is 12.6. The van der Waals surface area contributed by atoms with E-state index in [1.807, 2.05) is 26.0 Å². The van der Waals surface area contributed by atoms with E-state index in [1.54, 1.807) is 10.6 Å². The molecule has 1 heterocycles. The van der Waals surface area contributed by atoms with E-state index in [2.05, 4.69) is 4.98 Å². The van der Waals surface area contributed by atoms with Crippen molar-refractivity contribution in [3.8, 4) is 0 Å². The van der Waals surface area contributed by atoms with Crippen molar-refractivity contribution in [2.24, 2.45) is 11.7 Å². The Kier molecular flexibility index (Phi) is 4.22. The lowest BCUT2D eigenvalue weighted by Crippen LogP contribution is -2.30. The fraction of sp³-hybridized carbons (Fsp3) is 0.429. The lowest BCUT2D eigenvalue weighted by atomic mass is 10.1. The van der Waals surface area contributed by atoms with Crippen LogP contribution >= 0.6 is 11.6 Å². The Morgan fingerprint density at radius 1 is 1.47 bits per heavy atom. The number of hydrogen-bond acceptors (Lipinski definition) is 3. The monoisotopic (exact) mass is 279 g/mol. The second-order valence-electron chi connectivity index (χ2n) is 4.77. The SMILES string of the molecule is CCc1nc2cccc(Cl)c2c(=O)n1CC(C)CN. The van der Waals surface area contributed by atoms with Gasteiger partial charge in [0, 0.05) is 13.0 Å². The predicted molar refractivity (Wildman–Crippen MR) is 78.6 cm³/mol. The van der Waals surface area contributed by atoms with Crippen molar-refractivity contribution in [1.82, 2.24) is 9.55 Å².